The van der Waals surface area contributed by atoms with Gasteiger partial charge in [0, 0.05) is 11.8 Å². The van der Waals surface area contributed by atoms with Crippen LogP contribution in [0.1, 0.15) is 92.9 Å². The van der Waals surface area contributed by atoms with Crippen molar-refractivity contribution in [2.24, 2.45) is 46.3 Å². The Morgan fingerprint density at radius 2 is 1.37 bits per heavy atom. The lowest BCUT2D eigenvalue weighted by Gasteiger charge is -2.60. The zero-order chi connectivity index (χ0) is 51.2. The number of aliphatic hydroxyl groups excluding tert-OH is 12. The van der Waals surface area contributed by atoms with E-state index in [2.05, 4.69) is 33.8 Å². The van der Waals surface area contributed by atoms with Crippen LogP contribution >= 0.6 is 0 Å². The lowest BCUT2D eigenvalue weighted by atomic mass is 9.46. The van der Waals surface area contributed by atoms with E-state index in [1.165, 1.54) is 6.92 Å². The summed E-state index contributed by atoms with van der Waals surface area (Å²) in [6.07, 6.45) is -19.1. The van der Waals surface area contributed by atoms with Crippen LogP contribution in [0.25, 0.3) is 0 Å². The van der Waals surface area contributed by atoms with Gasteiger partial charge in [-0.3, -0.25) is 0 Å². The highest BCUT2D eigenvalue weighted by Gasteiger charge is 2.68. The summed E-state index contributed by atoms with van der Waals surface area (Å²) in [7, 11) is 0. The molecule has 21 nitrogen and oxygen atoms in total. The molecule has 0 radical (unpaired) electrons. The molecule has 0 unspecified atom stereocenters. The molecule has 0 aromatic rings. The summed E-state index contributed by atoms with van der Waals surface area (Å²) < 4.78 is 55.8. The number of hydrogen-bond donors (Lipinski definition) is 12. The topological polar surface area (TPSA) is 326 Å². The van der Waals surface area contributed by atoms with Crippen molar-refractivity contribution in [3.05, 3.63) is 11.6 Å². The number of hydrogen-bond acceptors (Lipinski definition) is 21. The Balaban J connectivity index is 0.902. The van der Waals surface area contributed by atoms with E-state index >= 15 is 0 Å². The molecule has 0 spiro atoms. The van der Waals surface area contributed by atoms with Gasteiger partial charge in [0.2, 0.25) is 0 Å². The molecular formula is C50H82O21. The van der Waals surface area contributed by atoms with Crippen molar-refractivity contribution in [1.82, 2.24) is 0 Å². The summed E-state index contributed by atoms with van der Waals surface area (Å²) in [5.41, 5.74) is 0.0850. The van der Waals surface area contributed by atoms with E-state index in [0.29, 0.717) is 18.3 Å². The molecule has 21 heteroatoms. The number of aliphatic hydroxyl groups is 12. The first kappa shape index (κ1) is 54.7. The molecule has 12 N–H and O–H groups in total. The summed E-state index contributed by atoms with van der Waals surface area (Å²) in [5.74, 6) is 1.33. The molecule has 4 aliphatic carbocycles. The van der Waals surface area contributed by atoms with E-state index in [-0.39, 0.29) is 61.4 Å². The summed E-state index contributed by atoms with van der Waals surface area (Å²) in [6.45, 7) is 11.7. The van der Waals surface area contributed by atoms with E-state index in [9.17, 15) is 61.3 Å². The molecule has 3 saturated carbocycles. The fourth-order valence-corrected chi connectivity index (χ4v) is 14.8. The maximum atomic E-state index is 11.5. The van der Waals surface area contributed by atoms with E-state index < -0.39 is 140 Å². The van der Waals surface area contributed by atoms with Crippen LogP contribution in [0.2, 0.25) is 0 Å². The lowest BCUT2D eigenvalue weighted by Crippen LogP contribution is -2.65. The molecule has 0 amide bonds. The van der Waals surface area contributed by atoms with Gasteiger partial charge in [-0.2, -0.15) is 0 Å². The van der Waals surface area contributed by atoms with Gasteiger partial charge >= 0.3 is 0 Å². The molecule has 9 aliphatic rings. The van der Waals surface area contributed by atoms with Crippen molar-refractivity contribution in [3.8, 4) is 0 Å². The quantitative estimate of drug-likeness (QED) is 0.0916. The molecule has 408 valence electrons. The van der Waals surface area contributed by atoms with Gasteiger partial charge in [-0.15, -0.1) is 0 Å². The Bertz CT molecular complexity index is 1850. The summed E-state index contributed by atoms with van der Waals surface area (Å²) in [4.78, 5) is 0. The van der Waals surface area contributed by atoms with E-state index in [0.717, 1.165) is 44.1 Å². The van der Waals surface area contributed by atoms with Crippen LogP contribution < -0.4 is 0 Å². The largest absolute Gasteiger partial charge is 0.394 e. The fourth-order valence-electron chi connectivity index (χ4n) is 14.8. The molecule has 30 atom stereocenters. The Kier molecular flexibility index (Phi) is 16.2. The summed E-state index contributed by atoms with van der Waals surface area (Å²) in [6, 6.07) is 0. The highest BCUT2D eigenvalue weighted by molar-refractivity contribution is 5.29. The smallest absolute Gasteiger partial charge is 0.187 e. The van der Waals surface area contributed by atoms with E-state index in [1.807, 2.05) is 6.92 Å². The predicted molar refractivity (Wildman–Crippen MR) is 243 cm³/mol. The van der Waals surface area contributed by atoms with Gasteiger partial charge in [-0.25, -0.2) is 0 Å². The normalized spacial score (nSPS) is 55.7. The second-order valence-electron chi connectivity index (χ2n) is 23.5. The molecule has 5 heterocycles. The summed E-state index contributed by atoms with van der Waals surface area (Å²) >= 11 is 0. The van der Waals surface area contributed by atoms with Gasteiger partial charge in [0.25, 0.3) is 0 Å². The molecule has 5 aliphatic heterocycles. The maximum Gasteiger partial charge on any atom is 0.187 e. The van der Waals surface area contributed by atoms with Gasteiger partial charge in [-0.1, -0.05) is 39.3 Å². The first-order valence-corrected chi connectivity index (χ1v) is 26.1. The SMILES string of the molecule is C[C@H](CC[C@]1(C)O[C@H]2C[C@H]3[C@@H]4CC=C5C[C@@H](O)C[C@@H](O[C@@H]6OC[C@H](O)[C@H](O[C@@H]7OC[C@@H](O)[C@H](O)[C@H]7O)[C@H]6O[C@@H]6O[C@@H](C)[C@H](O)[C@@H](O)[C@H]6O)[C@]5(C)[C@H]4CC[C@]3(C)[C@H]2[C@@H]1C)CO[C@@H]1O[C@H](CO)[C@@H](O)[C@H](O)[C@H]1O. The number of ether oxygens (including phenoxy) is 9. The van der Waals surface area contributed by atoms with Gasteiger partial charge in [-0.05, 0) is 99.7 Å². The highest BCUT2D eigenvalue weighted by atomic mass is 16.8. The zero-order valence-electron chi connectivity index (χ0n) is 41.7. The molecule has 8 fully saturated rings. The summed E-state index contributed by atoms with van der Waals surface area (Å²) in [5, 5.41) is 127. The van der Waals surface area contributed by atoms with Gasteiger partial charge < -0.3 is 104 Å². The molecule has 5 saturated heterocycles. The Hall–Kier alpha value is -1.10. The third kappa shape index (κ3) is 9.74. The number of fused-ring (bicyclic) bond motifs is 7. The minimum atomic E-state index is -1.75. The average molecular weight is 1020 g/mol. The van der Waals surface area contributed by atoms with Crippen LogP contribution in [0.5, 0.6) is 0 Å². The van der Waals surface area contributed by atoms with Crippen LogP contribution in [-0.4, -0.2) is 222 Å². The minimum absolute atomic E-state index is 0.0231. The minimum Gasteiger partial charge on any atom is -0.394 e. The maximum absolute atomic E-state index is 11.5. The molecule has 0 aromatic carbocycles. The Morgan fingerprint density at radius 1 is 0.704 bits per heavy atom. The van der Waals surface area contributed by atoms with Crippen molar-refractivity contribution >= 4 is 0 Å². The predicted octanol–water partition coefficient (Wildman–Crippen LogP) is -1.69. The molecule has 0 aromatic heterocycles. The van der Waals surface area contributed by atoms with Gasteiger partial charge in [0.05, 0.1) is 56.4 Å². The lowest BCUT2D eigenvalue weighted by molar-refractivity contribution is -0.382. The zero-order valence-corrected chi connectivity index (χ0v) is 41.7. The molecule has 0 bridgehead atoms. The Labute approximate surface area is 414 Å². The van der Waals surface area contributed by atoms with Crippen molar-refractivity contribution in [1.29, 1.82) is 0 Å². The van der Waals surface area contributed by atoms with Crippen molar-refractivity contribution in [2.75, 3.05) is 26.4 Å². The fraction of sp³-hybridized carbons (Fsp3) is 0.960. The average Bonchev–Trinajstić information content (AvgIpc) is 3.77. The van der Waals surface area contributed by atoms with Crippen molar-refractivity contribution in [2.45, 2.75) is 227 Å². The molecular weight excluding hydrogens is 937 g/mol. The van der Waals surface area contributed by atoms with Crippen LogP contribution in [0.4, 0.5) is 0 Å². The monoisotopic (exact) mass is 1020 g/mol. The first-order chi connectivity index (χ1) is 33.5. The molecule has 9 rings (SSSR count). The van der Waals surface area contributed by atoms with Gasteiger partial charge in [0.15, 0.2) is 25.2 Å². The van der Waals surface area contributed by atoms with Crippen molar-refractivity contribution < 1.29 is 104 Å². The van der Waals surface area contributed by atoms with Gasteiger partial charge in [0.1, 0.15) is 79.4 Å². The third-order valence-electron chi connectivity index (χ3n) is 19.2. The van der Waals surface area contributed by atoms with Crippen molar-refractivity contribution in [3.63, 3.8) is 0 Å². The molecule has 71 heavy (non-hydrogen) atoms. The highest BCUT2D eigenvalue weighted by Crippen LogP contribution is 2.70. The van der Waals surface area contributed by atoms with Crippen LogP contribution in [0.3, 0.4) is 0 Å². The first-order valence-electron chi connectivity index (χ1n) is 26.1. The Morgan fingerprint density at radius 3 is 2.10 bits per heavy atom. The van der Waals surface area contributed by atoms with Crippen LogP contribution in [0, 0.1) is 46.3 Å². The second-order valence-corrected chi connectivity index (χ2v) is 23.5. The van der Waals surface area contributed by atoms with E-state index in [4.69, 9.17) is 42.6 Å². The number of allylic oxidation sites excluding steroid dienone is 1. The van der Waals surface area contributed by atoms with Crippen LogP contribution in [-0.2, 0) is 42.6 Å². The van der Waals surface area contributed by atoms with E-state index in [1.54, 1.807) is 0 Å². The second kappa shape index (κ2) is 21.0. The third-order valence-corrected chi connectivity index (χ3v) is 19.2. The number of rotatable bonds is 13. The standard InChI is InChI=1S/C50H82O21/c1-20(17-63-44-40(61)38(59)36(57)31(16-51)67-44)9-12-49(5)21(2)33-30(71-49)15-27-25-8-7-23-13-24(52)14-32(50(23,6)26(25)10-11-48(27,33)4)68-47-43(70-46-41(62)37(58)34(55)22(3)66-46)42(29(54)19-65-47)69-45-39(60)35(56)28(53)18-64-45/h7,20-22,24-47,51-62H,8-19H2,1-6H3/t20-,21+,22+,24-,25-,26+,27+,28-,29+,30+,31-,32-,33+,34+,35+,36-,37-,38+,39-,40-,41-,42+,43-,44-,45+,46+,47+,48+,49+,50+/m1/s1. The van der Waals surface area contributed by atoms with Crippen LogP contribution in [0.15, 0.2) is 11.6 Å².